The van der Waals surface area contributed by atoms with Gasteiger partial charge >= 0.3 is 0 Å². The van der Waals surface area contributed by atoms with E-state index < -0.39 is 0 Å². The highest BCUT2D eigenvalue weighted by Gasteiger charge is 2.11. The molecule has 4 nitrogen and oxygen atoms in total. The highest BCUT2D eigenvalue weighted by atomic mass is 16.1. The van der Waals surface area contributed by atoms with Crippen LogP contribution in [-0.2, 0) is 19.9 Å². The van der Waals surface area contributed by atoms with Gasteiger partial charge in [-0.2, -0.15) is 0 Å². The molecule has 4 heteroatoms. The lowest BCUT2D eigenvalue weighted by Crippen LogP contribution is -2.09. The fraction of sp³-hybridized carbons (Fsp3) is 0.308. The van der Waals surface area contributed by atoms with E-state index >= 15 is 0 Å². The Labute approximate surface area is 100 Å². The van der Waals surface area contributed by atoms with Crippen molar-refractivity contribution in [2.24, 2.45) is 7.05 Å². The maximum Gasteiger partial charge on any atom is 0.186 e. The Morgan fingerprint density at radius 2 is 2.18 bits per heavy atom. The van der Waals surface area contributed by atoms with Crippen LogP contribution in [0.15, 0.2) is 30.9 Å². The Balaban J connectivity index is 2.10. The molecule has 0 spiro atoms. The molecular weight excluding hydrogens is 214 g/mol. The van der Waals surface area contributed by atoms with Crippen LogP contribution in [0.5, 0.6) is 0 Å². The summed E-state index contributed by atoms with van der Waals surface area (Å²) in [6, 6.07) is 3.92. The Kier molecular flexibility index (Phi) is 3.32. The highest BCUT2D eigenvalue weighted by molar-refractivity contribution is 5.95. The molecule has 0 atom stereocenters. The summed E-state index contributed by atoms with van der Waals surface area (Å²) in [4.78, 5) is 20.2. The van der Waals surface area contributed by atoms with Crippen molar-refractivity contribution in [3.05, 3.63) is 47.8 Å². The van der Waals surface area contributed by atoms with Gasteiger partial charge in [-0.05, 0) is 18.1 Å². The second-order valence-electron chi connectivity index (χ2n) is 4.00. The minimum absolute atomic E-state index is 0.0433. The molecular formula is C13H15N3O. The van der Waals surface area contributed by atoms with Gasteiger partial charge in [-0.15, -0.1) is 0 Å². The summed E-state index contributed by atoms with van der Waals surface area (Å²) in [5.41, 5.74) is 2.60. The minimum Gasteiger partial charge on any atom is -0.331 e. The van der Waals surface area contributed by atoms with Crippen molar-refractivity contribution in [1.82, 2.24) is 14.5 Å². The molecule has 2 aromatic rings. The first-order valence-electron chi connectivity index (χ1n) is 5.64. The van der Waals surface area contributed by atoms with Gasteiger partial charge < -0.3 is 4.57 Å². The Hall–Kier alpha value is -1.97. The predicted octanol–water partition coefficient (Wildman–Crippen LogP) is 1.80. The van der Waals surface area contributed by atoms with E-state index in [4.69, 9.17) is 0 Å². The molecule has 0 unspecified atom stereocenters. The van der Waals surface area contributed by atoms with E-state index in [0.717, 1.165) is 12.1 Å². The number of hydrogen-bond donors (Lipinski definition) is 0. The fourth-order valence-electron chi connectivity index (χ4n) is 1.65. The van der Waals surface area contributed by atoms with Gasteiger partial charge in [-0.3, -0.25) is 9.78 Å². The van der Waals surface area contributed by atoms with Gasteiger partial charge in [0.15, 0.2) is 5.78 Å². The van der Waals surface area contributed by atoms with Crippen LogP contribution in [0, 0.1) is 0 Å². The first-order valence-corrected chi connectivity index (χ1v) is 5.64. The van der Waals surface area contributed by atoms with Crippen LogP contribution in [-0.4, -0.2) is 20.3 Å². The van der Waals surface area contributed by atoms with Gasteiger partial charge in [0.25, 0.3) is 0 Å². The maximum atomic E-state index is 11.9. The zero-order chi connectivity index (χ0) is 12.3. The van der Waals surface area contributed by atoms with Crippen molar-refractivity contribution < 1.29 is 4.79 Å². The van der Waals surface area contributed by atoms with Crippen molar-refractivity contribution in [2.75, 3.05) is 0 Å². The van der Waals surface area contributed by atoms with E-state index in [-0.39, 0.29) is 5.78 Å². The van der Waals surface area contributed by atoms with Crippen molar-refractivity contribution in [3.63, 3.8) is 0 Å². The van der Waals surface area contributed by atoms with E-state index in [1.54, 1.807) is 17.1 Å². The maximum absolute atomic E-state index is 11.9. The van der Waals surface area contributed by atoms with E-state index in [1.165, 1.54) is 5.56 Å². The summed E-state index contributed by atoms with van der Waals surface area (Å²) >= 11 is 0. The standard InChI is InChI=1S/C13H15N3O/c1-3-10-4-5-11(15-7-10)6-13(17)12-8-14-9-16(12)2/h4-5,7-9H,3,6H2,1-2H3. The van der Waals surface area contributed by atoms with Crippen LogP contribution >= 0.6 is 0 Å². The topological polar surface area (TPSA) is 47.8 Å². The van der Waals surface area contributed by atoms with E-state index in [2.05, 4.69) is 16.9 Å². The number of hydrogen-bond acceptors (Lipinski definition) is 3. The van der Waals surface area contributed by atoms with Gasteiger partial charge in [0.05, 0.1) is 18.9 Å². The number of Topliss-reactive ketones (excluding diaryl/α,β-unsaturated/α-hetero) is 1. The molecule has 0 radical (unpaired) electrons. The molecule has 2 aromatic heterocycles. The van der Waals surface area contributed by atoms with Gasteiger partial charge in [0.2, 0.25) is 0 Å². The second kappa shape index (κ2) is 4.91. The number of ketones is 1. The number of imidazole rings is 1. The molecule has 0 aliphatic heterocycles. The molecule has 0 amide bonds. The Morgan fingerprint density at radius 3 is 2.71 bits per heavy atom. The number of carbonyl (C=O) groups is 1. The van der Waals surface area contributed by atoms with E-state index in [0.29, 0.717) is 12.1 Å². The van der Waals surface area contributed by atoms with Crippen molar-refractivity contribution in [3.8, 4) is 0 Å². The normalized spacial score (nSPS) is 10.5. The number of pyridine rings is 1. The second-order valence-corrected chi connectivity index (χ2v) is 4.00. The zero-order valence-corrected chi connectivity index (χ0v) is 10.1. The number of carbonyl (C=O) groups excluding carboxylic acids is 1. The third kappa shape index (κ3) is 2.58. The zero-order valence-electron chi connectivity index (χ0n) is 10.1. The van der Waals surface area contributed by atoms with Gasteiger partial charge in [0, 0.05) is 18.9 Å². The number of rotatable bonds is 4. The summed E-state index contributed by atoms with van der Waals surface area (Å²) in [6.45, 7) is 2.08. The molecule has 0 aliphatic carbocycles. The van der Waals surface area contributed by atoms with E-state index in [1.807, 2.05) is 25.4 Å². The molecule has 0 saturated carbocycles. The summed E-state index contributed by atoms with van der Waals surface area (Å²) in [7, 11) is 1.81. The van der Waals surface area contributed by atoms with Crippen LogP contribution in [0.3, 0.4) is 0 Å². The lowest BCUT2D eigenvalue weighted by Gasteiger charge is -2.02. The lowest BCUT2D eigenvalue weighted by molar-refractivity contribution is 0.0984. The molecule has 0 N–H and O–H groups in total. The molecule has 88 valence electrons. The number of aryl methyl sites for hydroxylation is 2. The van der Waals surface area contributed by atoms with Crippen LogP contribution < -0.4 is 0 Å². The third-order valence-electron chi connectivity index (χ3n) is 2.74. The number of nitrogens with zero attached hydrogens (tertiary/aromatic N) is 3. The van der Waals surface area contributed by atoms with Crippen molar-refractivity contribution in [1.29, 1.82) is 0 Å². The Bertz CT molecular complexity index is 514. The van der Waals surface area contributed by atoms with Crippen LogP contribution in [0.2, 0.25) is 0 Å². The van der Waals surface area contributed by atoms with Crippen molar-refractivity contribution in [2.45, 2.75) is 19.8 Å². The summed E-state index contributed by atoms with van der Waals surface area (Å²) in [5.74, 6) is 0.0433. The molecule has 0 aromatic carbocycles. The molecule has 2 rings (SSSR count). The first kappa shape index (κ1) is 11.5. The Morgan fingerprint density at radius 1 is 1.35 bits per heavy atom. The quantitative estimate of drug-likeness (QED) is 0.751. The van der Waals surface area contributed by atoms with Gasteiger partial charge in [0.1, 0.15) is 5.69 Å². The average Bonchev–Trinajstić information content (AvgIpc) is 2.76. The molecule has 2 heterocycles. The first-order chi connectivity index (χ1) is 8.20. The van der Waals surface area contributed by atoms with Gasteiger partial charge in [-0.1, -0.05) is 13.0 Å². The molecule has 0 saturated heterocycles. The smallest absolute Gasteiger partial charge is 0.186 e. The minimum atomic E-state index is 0.0433. The summed E-state index contributed by atoms with van der Waals surface area (Å²) in [6.07, 6.45) is 6.32. The average molecular weight is 229 g/mol. The summed E-state index contributed by atoms with van der Waals surface area (Å²) < 4.78 is 1.72. The lowest BCUT2D eigenvalue weighted by atomic mass is 10.1. The third-order valence-corrected chi connectivity index (χ3v) is 2.74. The SMILES string of the molecule is CCc1ccc(CC(=O)c2cncn2C)nc1. The van der Waals surface area contributed by atoms with Crippen LogP contribution in [0.1, 0.15) is 28.7 Å². The molecule has 0 fully saturated rings. The number of aromatic nitrogens is 3. The van der Waals surface area contributed by atoms with Gasteiger partial charge in [-0.25, -0.2) is 4.98 Å². The molecule has 0 bridgehead atoms. The fourth-order valence-corrected chi connectivity index (χ4v) is 1.65. The molecule has 0 aliphatic rings. The monoisotopic (exact) mass is 229 g/mol. The van der Waals surface area contributed by atoms with Crippen molar-refractivity contribution >= 4 is 5.78 Å². The molecule has 17 heavy (non-hydrogen) atoms. The predicted molar refractivity (Wildman–Crippen MR) is 64.9 cm³/mol. The van der Waals surface area contributed by atoms with Crippen LogP contribution in [0.4, 0.5) is 0 Å². The highest BCUT2D eigenvalue weighted by Crippen LogP contribution is 2.06. The summed E-state index contributed by atoms with van der Waals surface area (Å²) in [5, 5.41) is 0. The van der Waals surface area contributed by atoms with Crippen LogP contribution in [0.25, 0.3) is 0 Å². The van der Waals surface area contributed by atoms with E-state index in [9.17, 15) is 4.79 Å². The largest absolute Gasteiger partial charge is 0.331 e.